The zero-order valence-corrected chi connectivity index (χ0v) is 18.1. The number of likely N-dealkylation sites (tertiary alicyclic amines) is 1. The summed E-state index contributed by atoms with van der Waals surface area (Å²) in [6.07, 6.45) is 3.80. The molecule has 2 N–H and O–H groups in total. The van der Waals surface area contributed by atoms with Crippen molar-refractivity contribution in [1.29, 1.82) is 0 Å². The highest BCUT2D eigenvalue weighted by atomic mass is 35.5. The molecule has 1 aliphatic rings. The fourth-order valence-corrected chi connectivity index (χ4v) is 4.47. The van der Waals surface area contributed by atoms with Crippen molar-refractivity contribution < 1.29 is 14.6 Å². The van der Waals surface area contributed by atoms with Crippen molar-refractivity contribution in [3.05, 3.63) is 64.8 Å². The van der Waals surface area contributed by atoms with Crippen molar-refractivity contribution >= 4 is 22.5 Å². The molecule has 1 saturated heterocycles. The number of β-amino-alcohol motifs (C(OH)–C–C–N with tert-alkyl or cyclic N) is 1. The van der Waals surface area contributed by atoms with Gasteiger partial charge >= 0.3 is 0 Å². The summed E-state index contributed by atoms with van der Waals surface area (Å²) < 4.78 is 11.1. The van der Waals surface area contributed by atoms with Gasteiger partial charge in [-0.1, -0.05) is 29.8 Å². The number of nitrogens with zero attached hydrogens (tertiary/aromatic N) is 1. The Balaban J connectivity index is 1.25. The molecule has 6 heteroatoms. The zero-order valence-electron chi connectivity index (χ0n) is 17.3. The van der Waals surface area contributed by atoms with Gasteiger partial charge in [0.2, 0.25) is 0 Å². The third kappa shape index (κ3) is 4.98. The van der Waals surface area contributed by atoms with Gasteiger partial charge in [-0.2, -0.15) is 0 Å². The number of benzene rings is 2. The number of hydrogen-bond acceptors (Lipinski definition) is 4. The highest BCUT2D eigenvalue weighted by Gasteiger charge is 2.24. The molecule has 5 nitrogen and oxygen atoms in total. The van der Waals surface area contributed by atoms with Crippen LogP contribution in [0.5, 0.6) is 5.75 Å². The lowest BCUT2D eigenvalue weighted by atomic mass is 9.89. The first kappa shape index (κ1) is 21.2. The van der Waals surface area contributed by atoms with Crippen molar-refractivity contribution in [3.63, 3.8) is 0 Å². The Labute approximate surface area is 182 Å². The second-order valence-corrected chi connectivity index (χ2v) is 8.40. The van der Waals surface area contributed by atoms with Crippen LogP contribution in [-0.4, -0.2) is 54.4 Å². The molecule has 1 aromatic heterocycles. The van der Waals surface area contributed by atoms with E-state index in [-0.39, 0.29) is 0 Å². The Morgan fingerprint density at radius 1 is 1.20 bits per heavy atom. The van der Waals surface area contributed by atoms with Crippen LogP contribution in [0.15, 0.2) is 48.7 Å². The van der Waals surface area contributed by atoms with Crippen LogP contribution in [0.1, 0.15) is 29.9 Å². The first-order valence-corrected chi connectivity index (χ1v) is 10.9. The van der Waals surface area contributed by atoms with Crippen LogP contribution in [0.25, 0.3) is 10.9 Å². The Kier molecular flexibility index (Phi) is 6.95. The summed E-state index contributed by atoms with van der Waals surface area (Å²) in [5, 5.41) is 12.3. The van der Waals surface area contributed by atoms with Crippen LogP contribution in [0.3, 0.4) is 0 Å². The molecule has 4 rings (SSSR count). The summed E-state index contributed by atoms with van der Waals surface area (Å²) >= 11 is 6.14. The van der Waals surface area contributed by atoms with Gasteiger partial charge in [-0.25, -0.2) is 0 Å². The van der Waals surface area contributed by atoms with E-state index in [0.717, 1.165) is 42.8 Å². The lowest BCUT2D eigenvalue weighted by Crippen LogP contribution is -2.39. The molecular formula is C24H29ClN2O3. The standard InChI is InChI=1S/C24H29ClN2O3/c1-29-20-6-7-24-21(12-20)22(13-26-24)17-8-10-27(11-9-17)14-19(28)16-30-15-18-4-2-3-5-23(18)25/h2-7,12-13,17,19,26,28H,8-11,14-16H2,1H3. The molecule has 0 saturated carbocycles. The fourth-order valence-electron chi connectivity index (χ4n) is 4.28. The van der Waals surface area contributed by atoms with Gasteiger partial charge in [-0.3, -0.25) is 0 Å². The van der Waals surface area contributed by atoms with Gasteiger partial charge in [0.05, 0.1) is 26.4 Å². The Bertz CT molecular complexity index is 966. The van der Waals surface area contributed by atoms with E-state index in [4.69, 9.17) is 21.1 Å². The van der Waals surface area contributed by atoms with E-state index < -0.39 is 6.10 Å². The molecule has 30 heavy (non-hydrogen) atoms. The predicted octanol–water partition coefficient (Wildman–Crippen LogP) is 4.59. The second kappa shape index (κ2) is 9.84. The Hall–Kier alpha value is -2.05. The molecular weight excluding hydrogens is 400 g/mol. The smallest absolute Gasteiger partial charge is 0.119 e. The van der Waals surface area contributed by atoms with Gasteiger partial charge in [0, 0.05) is 28.7 Å². The van der Waals surface area contributed by atoms with Crippen LogP contribution < -0.4 is 4.74 Å². The summed E-state index contributed by atoms with van der Waals surface area (Å²) in [6, 6.07) is 13.8. The molecule has 2 aromatic carbocycles. The summed E-state index contributed by atoms with van der Waals surface area (Å²) in [6.45, 7) is 3.32. The topological polar surface area (TPSA) is 57.7 Å². The lowest BCUT2D eigenvalue weighted by molar-refractivity contribution is 0.00625. The average molecular weight is 429 g/mol. The molecule has 0 radical (unpaired) electrons. The fraction of sp³-hybridized carbons (Fsp3) is 0.417. The predicted molar refractivity (Wildman–Crippen MR) is 120 cm³/mol. The molecule has 0 amide bonds. The quantitative estimate of drug-likeness (QED) is 0.551. The molecule has 3 aromatic rings. The van der Waals surface area contributed by atoms with Crippen molar-refractivity contribution in [1.82, 2.24) is 9.88 Å². The number of H-pyrrole nitrogens is 1. The summed E-state index contributed by atoms with van der Waals surface area (Å²) in [5.41, 5.74) is 3.47. The third-order valence-corrected chi connectivity index (χ3v) is 6.31. The maximum atomic E-state index is 10.4. The van der Waals surface area contributed by atoms with E-state index in [1.54, 1.807) is 7.11 Å². The first-order valence-electron chi connectivity index (χ1n) is 10.5. The number of aliphatic hydroxyl groups is 1. The number of hydrogen-bond donors (Lipinski definition) is 2. The minimum absolute atomic E-state index is 0.313. The number of rotatable bonds is 8. The number of aromatic amines is 1. The molecule has 160 valence electrons. The molecule has 1 fully saturated rings. The van der Waals surface area contributed by atoms with Crippen LogP contribution in [0.4, 0.5) is 0 Å². The molecule has 0 spiro atoms. The number of nitrogens with one attached hydrogen (secondary N) is 1. The highest BCUT2D eigenvalue weighted by Crippen LogP contribution is 2.34. The molecule has 1 unspecified atom stereocenters. The molecule has 0 bridgehead atoms. The van der Waals surface area contributed by atoms with E-state index in [2.05, 4.69) is 28.2 Å². The van der Waals surface area contributed by atoms with Crippen molar-refractivity contribution in [2.45, 2.75) is 31.5 Å². The van der Waals surface area contributed by atoms with E-state index in [1.807, 2.05) is 30.3 Å². The zero-order chi connectivity index (χ0) is 20.9. The van der Waals surface area contributed by atoms with Crippen LogP contribution in [-0.2, 0) is 11.3 Å². The maximum absolute atomic E-state index is 10.4. The summed E-state index contributed by atoms with van der Waals surface area (Å²) in [7, 11) is 1.70. The van der Waals surface area contributed by atoms with E-state index >= 15 is 0 Å². The van der Waals surface area contributed by atoms with Gasteiger partial charge in [0.1, 0.15) is 5.75 Å². The van der Waals surface area contributed by atoms with E-state index in [9.17, 15) is 5.11 Å². The largest absolute Gasteiger partial charge is 0.497 e. The molecule has 2 heterocycles. The summed E-state index contributed by atoms with van der Waals surface area (Å²) in [4.78, 5) is 5.71. The van der Waals surface area contributed by atoms with Crippen molar-refractivity contribution in [2.24, 2.45) is 0 Å². The first-order chi connectivity index (χ1) is 14.6. The third-order valence-electron chi connectivity index (χ3n) is 5.94. The highest BCUT2D eigenvalue weighted by molar-refractivity contribution is 6.31. The average Bonchev–Trinajstić information content (AvgIpc) is 3.19. The van der Waals surface area contributed by atoms with E-state index in [0.29, 0.717) is 30.7 Å². The number of methoxy groups -OCH3 is 1. The number of aromatic nitrogens is 1. The number of fused-ring (bicyclic) bond motifs is 1. The molecule has 1 atom stereocenters. The molecule has 1 aliphatic heterocycles. The van der Waals surface area contributed by atoms with Gasteiger partial charge in [0.15, 0.2) is 0 Å². The van der Waals surface area contributed by atoms with Crippen molar-refractivity contribution in [2.75, 3.05) is 33.4 Å². The van der Waals surface area contributed by atoms with Gasteiger partial charge < -0.3 is 24.5 Å². The number of halogens is 1. The van der Waals surface area contributed by atoms with E-state index in [1.165, 1.54) is 10.9 Å². The minimum atomic E-state index is -0.499. The van der Waals surface area contributed by atoms with Crippen LogP contribution in [0.2, 0.25) is 5.02 Å². The Morgan fingerprint density at radius 3 is 2.77 bits per heavy atom. The van der Waals surface area contributed by atoms with Crippen LogP contribution in [0, 0.1) is 0 Å². The SMILES string of the molecule is COc1ccc2[nH]cc(C3CCN(CC(O)COCc4ccccc4Cl)CC3)c2c1. The lowest BCUT2D eigenvalue weighted by Gasteiger charge is -2.33. The van der Waals surface area contributed by atoms with Gasteiger partial charge in [-0.05, 0) is 67.2 Å². The normalized spacial score (nSPS) is 16.8. The van der Waals surface area contributed by atoms with Crippen molar-refractivity contribution in [3.8, 4) is 5.75 Å². The minimum Gasteiger partial charge on any atom is -0.497 e. The van der Waals surface area contributed by atoms with Gasteiger partial charge in [-0.15, -0.1) is 0 Å². The van der Waals surface area contributed by atoms with Gasteiger partial charge in [0.25, 0.3) is 0 Å². The number of piperidine rings is 1. The Morgan fingerprint density at radius 2 is 2.00 bits per heavy atom. The van der Waals surface area contributed by atoms with Crippen LogP contribution >= 0.6 is 11.6 Å². The summed E-state index contributed by atoms with van der Waals surface area (Å²) in [5.74, 6) is 1.41. The maximum Gasteiger partial charge on any atom is 0.119 e. The number of ether oxygens (including phenoxy) is 2. The monoisotopic (exact) mass is 428 g/mol. The number of aliphatic hydroxyl groups excluding tert-OH is 1. The second-order valence-electron chi connectivity index (χ2n) is 7.99. The molecule has 0 aliphatic carbocycles.